The Labute approximate surface area is 205 Å². The number of unbranched alkanes of at least 4 members (excludes halogenated alkanes) is 1. The number of rotatable bonds is 11. The highest BCUT2D eigenvalue weighted by Crippen LogP contribution is 2.25. The van der Waals surface area contributed by atoms with Gasteiger partial charge in [-0.05, 0) is 46.6 Å². The molecule has 0 spiro atoms. The van der Waals surface area contributed by atoms with Crippen molar-refractivity contribution >= 4 is 29.5 Å². The van der Waals surface area contributed by atoms with E-state index in [1.807, 2.05) is 39.2 Å². The maximum absolute atomic E-state index is 13.4. The molecule has 0 aromatic carbocycles. The fraction of sp³-hybridized carbons (Fsp3) is 0.520. The normalized spacial score (nSPS) is 11.3. The Balaban J connectivity index is 2.60. The van der Waals surface area contributed by atoms with E-state index in [0.29, 0.717) is 37.1 Å². The van der Waals surface area contributed by atoms with Crippen LogP contribution in [0.25, 0.3) is 6.08 Å². The highest BCUT2D eigenvalue weighted by molar-refractivity contribution is 6.06. The van der Waals surface area contributed by atoms with Crippen LogP contribution in [0, 0.1) is 13.8 Å². The molecular formula is C25H37N5O5. The lowest BCUT2D eigenvalue weighted by Gasteiger charge is -2.23. The molecule has 0 saturated carbocycles. The molecule has 10 nitrogen and oxygen atoms in total. The van der Waals surface area contributed by atoms with Gasteiger partial charge in [0.25, 0.3) is 11.5 Å². The zero-order chi connectivity index (χ0) is 26.3. The zero-order valence-corrected chi connectivity index (χ0v) is 21.6. The van der Waals surface area contributed by atoms with E-state index in [2.05, 4.69) is 4.98 Å². The van der Waals surface area contributed by atoms with Crippen LogP contribution in [-0.2, 0) is 22.6 Å². The number of anilines is 2. The van der Waals surface area contributed by atoms with E-state index in [1.165, 1.54) is 15.5 Å². The van der Waals surface area contributed by atoms with Crippen LogP contribution in [0.2, 0.25) is 0 Å². The molecule has 0 atom stereocenters. The minimum atomic E-state index is -0.714. The first-order chi connectivity index (χ1) is 16.6. The van der Waals surface area contributed by atoms with Gasteiger partial charge >= 0.3 is 11.7 Å². The Bertz CT molecular complexity index is 1220. The van der Waals surface area contributed by atoms with Crippen molar-refractivity contribution in [1.82, 2.24) is 14.1 Å². The smallest absolute Gasteiger partial charge is 0.340 e. The number of hydrogen-bond acceptors (Lipinski definition) is 6. The van der Waals surface area contributed by atoms with Gasteiger partial charge in [-0.2, -0.15) is 0 Å². The molecule has 0 radical (unpaired) electrons. The van der Waals surface area contributed by atoms with E-state index in [0.717, 1.165) is 17.8 Å². The number of nitrogens with one attached hydrogen (secondary N) is 1. The number of carbonyl (C=O) groups excluding carboxylic acids is 2. The quantitative estimate of drug-likeness (QED) is 0.370. The summed E-state index contributed by atoms with van der Waals surface area (Å²) >= 11 is 0. The van der Waals surface area contributed by atoms with Crippen LogP contribution in [0.15, 0.2) is 15.7 Å². The summed E-state index contributed by atoms with van der Waals surface area (Å²) in [5.74, 6) is -0.981. The maximum Gasteiger partial charge on any atom is 0.340 e. The molecule has 0 fully saturated rings. The molecule has 0 aliphatic rings. The summed E-state index contributed by atoms with van der Waals surface area (Å²) in [6, 6.07) is 0. The molecule has 1 amide bonds. The number of nitrogens with zero attached hydrogens (tertiary/aromatic N) is 3. The van der Waals surface area contributed by atoms with Crippen molar-refractivity contribution < 1.29 is 14.3 Å². The number of aromatic amines is 1. The number of nitrogens with two attached hydrogens (primary N) is 1. The topological polar surface area (TPSA) is 132 Å². The number of carbonyl (C=O) groups is 2. The number of nitrogen functional groups attached to an aromatic ring is 1. The fourth-order valence-electron chi connectivity index (χ4n) is 4.22. The Morgan fingerprint density at radius 3 is 2.31 bits per heavy atom. The lowest BCUT2D eigenvalue weighted by molar-refractivity contribution is -0.114. The number of hydrogen-bond donors (Lipinski definition) is 2. The second-order valence-corrected chi connectivity index (χ2v) is 8.25. The largest absolute Gasteiger partial charge is 0.462 e. The van der Waals surface area contributed by atoms with Crippen molar-refractivity contribution in [3.05, 3.63) is 49.4 Å². The van der Waals surface area contributed by atoms with Crippen molar-refractivity contribution in [2.45, 2.75) is 73.9 Å². The number of ether oxygens (including phenoxy) is 1. The van der Waals surface area contributed by atoms with Gasteiger partial charge in [0.05, 0.1) is 12.2 Å². The Hall–Kier alpha value is -3.56. The molecule has 2 aromatic heterocycles. The molecule has 3 N–H and O–H groups in total. The molecule has 2 heterocycles. The fourth-order valence-corrected chi connectivity index (χ4v) is 4.22. The molecule has 0 bridgehead atoms. The third-order valence-electron chi connectivity index (χ3n) is 5.95. The van der Waals surface area contributed by atoms with Gasteiger partial charge in [0.2, 0.25) is 0 Å². The molecule has 0 aliphatic carbocycles. The molecule has 0 saturated heterocycles. The van der Waals surface area contributed by atoms with Gasteiger partial charge in [0.1, 0.15) is 5.82 Å². The number of esters is 1. The molecule has 10 heteroatoms. The predicted molar refractivity (Wildman–Crippen MR) is 138 cm³/mol. The van der Waals surface area contributed by atoms with Crippen LogP contribution in [0.4, 0.5) is 11.5 Å². The molecule has 2 rings (SSSR count). The van der Waals surface area contributed by atoms with Crippen molar-refractivity contribution in [2.75, 3.05) is 23.8 Å². The van der Waals surface area contributed by atoms with Gasteiger partial charge in [-0.25, -0.2) is 9.59 Å². The van der Waals surface area contributed by atoms with Crippen LogP contribution < -0.4 is 21.9 Å². The molecule has 0 unspecified atom stereocenters. The Kier molecular flexibility index (Phi) is 9.68. The third kappa shape index (κ3) is 5.75. The molecule has 192 valence electrons. The van der Waals surface area contributed by atoms with Crippen molar-refractivity contribution in [3.8, 4) is 0 Å². The lowest BCUT2D eigenvalue weighted by Crippen LogP contribution is -2.41. The standard InChI is InChI=1S/C25H37N5O5/c1-7-11-15-29(21-22(26)30(14-8-2)25(34)27-23(21)32)19(31)13-12-18-16(5)28(9-3)17(6)20(18)24(33)35-10-4/h12-13H,7-11,14-15,26H2,1-6H3,(H,27,32,34)/b13-12+. The number of amides is 1. The van der Waals surface area contributed by atoms with E-state index in [-0.39, 0.29) is 24.7 Å². The monoisotopic (exact) mass is 487 g/mol. The molecular weight excluding hydrogens is 450 g/mol. The average Bonchev–Trinajstić information content (AvgIpc) is 3.05. The summed E-state index contributed by atoms with van der Waals surface area (Å²) in [6.45, 7) is 12.7. The summed E-state index contributed by atoms with van der Waals surface area (Å²) in [5.41, 5.74) is 7.41. The van der Waals surface area contributed by atoms with Gasteiger partial charge in [-0.15, -0.1) is 0 Å². The zero-order valence-electron chi connectivity index (χ0n) is 21.6. The predicted octanol–water partition coefficient (Wildman–Crippen LogP) is 2.99. The van der Waals surface area contributed by atoms with Crippen molar-refractivity contribution in [1.29, 1.82) is 0 Å². The summed E-state index contributed by atoms with van der Waals surface area (Å²) < 4.78 is 8.49. The van der Waals surface area contributed by atoms with Crippen molar-refractivity contribution in [3.63, 3.8) is 0 Å². The third-order valence-corrected chi connectivity index (χ3v) is 5.95. The Morgan fingerprint density at radius 1 is 1.06 bits per heavy atom. The summed E-state index contributed by atoms with van der Waals surface area (Å²) in [5, 5.41) is 0. The van der Waals surface area contributed by atoms with Gasteiger partial charge in [0, 0.05) is 42.7 Å². The van der Waals surface area contributed by atoms with Crippen LogP contribution in [0.5, 0.6) is 0 Å². The summed E-state index contributed by atoms with van der Waals surface area (Å²) in [7, 11) is 0. The lowest BCUT2D eigenvalue weighted by atomic mass is 10.1. The second kappa shape index (κ2) is 12.2. The van der Waals surface area contributed by atoms with Gasteiger partial charge in [-0.3, -0.25) is 19.1 Å². The van der Waals surface area contributed by atoms with E-state index in [4.69, 9.17) is 10.5 Å². The van der Waals surface area contributed by atoms with Crippen molar-refractivity contribution in [2.24, 2.45) is 0 Å². The van der Waals surface area contributed by atoms with Crippen LogP contribution >= 0.6 is 0 Å². The molecule has 0 aliphatic heterocycles. The van der Waals surface area contributed by atoms with Crippen LogP contribution in [-0.4, -0.2) is 39.1 Å². The first kappa shape index (κ1) is 27.7. The summed E-state index contributed by atoms with van der Waals surface area (Å²) in [4.78, 5) is 54.6. The van der Waals surface area contributed by atoms with Crippen LogP contribution in [0.3, 0.4) is 0 Å². The van der Waals surface area contributed by atoms with E-state index in [9.17, 15) is 19.2 Å². The molecule has 35 heavy (non-hydrogen) atoms. The highest BCUT2D eigenvalue weighted by atomic mass is 16.5. The minimum absolute atomic E-state index is 0.0465. The van der Waals surface area contributed by atoms with E-state index < -0.39 is 23.1 Å². The number of H-pyrrole nitrogens is 1. The SMILES string of the molecule is CCCCN(C(=O)/C=C/c1c(C(=O)OCC)c(C)n(CC)c1C)c1c(N)n(CCC)c(=O)[nH]c1=O. The van der Waals surface area contributed by atoms with Gasteiger partial charge in [-0.1, -0.05) is 20.3 Å². The van der Waals surface area contributed by atoms with E-state index >= 15 is 0 Å². The minimum Gasteiger partial charge on any atom is -0.462 e. The van der Waals surface area contributed by atoms with E-state index in [1.54, 1.807) is 13.0 Å². The first-order valence-electron chi connectivity index (χ1n) is 12.1. The van der Waals surface area contributed by atoms with Gasteiger partial charge in [0.15, 0.2) is 5.69 Å². The maximum atomic E-state index is 13.4. The Morgan fingerprint density at radius 2 is 1.74 bits per heavy atom. The molecule has 2 aromatic rings. The summed E-state index contributed by atoms with van der Waals surface area (Å²) in [6.07, 6.45) is 4.94. The second-order valence-electron chi connectivity index (χ2n) is 8.25. The first-order valence-corrected chi connectivity index (χ1v) is 12.1. The average molecular weight is 488 g/mol. The highest BCUT2D eigenvalue weighted by Gasteiger charge is 2.25. The number of aromatic nitrogens is 3. The van der Waals surface area contributed by atoms with Gasteiger partial charge < -0.3 is 19.9 Å². The van der Waals surface area contributed by atoms with Crippen LogP contribution in [0.1, 0.15) is 74.3 Å².